The molecule has 3 rings (SSSR count). The summed E-state index contributed by atoms with van der Waals surface area (Å²) < 4.78 is 2.70. The molecule has 2 heterocycles. The number of nitrogens with zero attached hydrogens (tertiary/aromatic N) is 2. The molecule has 0 aliphatic rings. The lowest BCUT2D eigenvalue weighted by molar-refractivity contribution is 0.448. The van der Waals surface area contributed by atoms with E-state index in [2.05, 4.69) is 27.0 Å². The van der Waals surface area contributed by atoms with E-state index in [1.54, 1.807) is 17.0 Å². The Hall–Kier alpha value is -1.81. The number of halogens is 1. The highest BCUT2D eigenvalue weighted by molar-refractivity contribution is 9.10. The van der Waals surface area contributed by atoms with Gasteiger partial charge in [-0.15, -0.1) is 0 Å². The second-order valence-corrected chi connectivity index (χ2v) is 5.53. The molecular weight excluding hydrogens is 304 g/mol. The lowest BCUT2D eigenvalue weighted by Crippen LogP contribution is -1.96. The van der Waals surface area contributed by atoms with E-state index in [1.165, 1.54) is 5.56 Å². The first kappa shape index (κ1) is 12.2. The molecule has 0 saturated heterocycles. The zero-order valence-electron chi connectivity index (χ0n) is 10.7. The quantitative estimate of drug-likeness (QED) is 0.733. The Labute approximate surface area is 119 Å². The van der Waals surface area contributed by atoms with Crippen LogP contribution in [0.4, 0.5) is 0 Å². The van der Waals surface area contributed by atoms with Crippen molar-refractivity contribution in [3.63, 3.8) is 0 Å². The lowest BCUT2D eigenvalue weighted by Gasteiger charge is -2.09. The highest BCUT2D eigenvalue weighted by Crippen LogP contribution is 2.32. The largest absolute Gasteiger partial charge is 0.494 e. The summed E-state index contributed by atoms with van der Waals surface area (Å²) in [7, 11) is 0. The van der Waals surface area contributed by atoms with Crippen molar-refractivity contribution in [2.45, 2.75) is 13.8 Å². The van der Waals surface area contributed by atoms with Crippen LogP contribution in [0.15, 0.2) is 41.3 Å². The second-order valence-electron chi connectivity index (χ2n) is 4.68. The number of rotatable bonds is 1. The van der Waals surface area contributed by atoms with Gasteiger partial charge >= 0.3 is 0 Å². The van der Waals surface area contributed by atoms with Crippen LogP contribution in [-0.4, -0.2) is 14.7 Å². The molecule has 1 aromatic carbocycles. The van der Waals surface area contributed by atoms with E-state index in [9.17, 15) is 5.11 Å². The first-order chi connectivity index (χ1) is 9.08. The Bertz CT molecular complexity index is 777. The summed E-state index contributed by atoms with van der Waals surface area (Å²) in [6, 6.07) is 6.00. The van der Waals surface area contributed by atoms with Crippen LogP contribution >= 0.6 is 15.9 Å². The molecule has 0 atom stereocenters. The maximum Gasteiger partial charge on any atom is 0.203 e. The smallest absolute Gasteiger partial charge is 0.203 e. The number of fused-ring (bicyclic) bond motifs is 1. The number of aryl methyl sites for hydroxylation is 1. The predicted octanol–water partition coefficient (Wildman–Crippen LogP) is 4.11. The van der Waals surface area contributed by atoms with E-state index in [-0.39, 0.29) is 5.88 Å². The summed E-state index contributed by atoms with van der Waals surface area (Å²) in [6.45, 7) is 4.04. The van der Waals surface area contributed by atoms with Crippen molar-refractivity contribution in [1.29, 1.82) is 0 Å². The van der Waals surface area contributed by atoms with Gasteiger partial charge in [-0.2, -0.15) is 0 Å². The van der Waals surface area contributed by atoms with Gasteiger partial charge in [-0.05, 0) is 47.5 Å². The minimum Gasteiger partial charge on any atom is -0.494 e. The van der Waals surface area contributed by atoms with Gasteiger partial charge < -0.3 is 5.11 Å². The van der Waals surface area contributed by atoms with Gasteiger partial charge in [0, 0.05) is 27.6 Å². The zero-order chi connectivity index (χ0) is 13.6. The molecule has 4 heteroatoms. The highest BCUT2D eigenvalue weighted by Gasteiger charge is 2.12. The van der Waals surface area contributed by atoms with Gasteiger partial charge in [0.05, 0.1) is 11.9 Å². The van der Waals surface area contributed by atoms with Crippen molar-refractivity contribution in [2.24, 2.45) is 0 Å². The standard InChI is InChI=1S/C15H13BrN2O/c1-9-3-4-12-11(5-9)8-18(15(12)19)14-7-17-6-13(16)10(14)2/h3-8,19H,1-2H3. The first-order valence-electron chi connectivity index (χ1n) is 5.99. The minimum atomic E-state index is 0.248. The molecule has 0 saturated carbocycles. The van der Waals surface area contributed by atoms with Gasteiger partial charge in [0.15, 0.2) is 0 Å². The van der Waals surface area contributed by atoms with Crippen LogP contribution in [-0.2, 0) is 0 Å². The van der Waals surface area contributed by atoms with Gasteiger partial charge in [-0.25, -0.2) is 0 Å². The van der Waals surface area contributed by atoms with Crippen LogP contribution in [0.2, 0.25) is 0 Å². The highest BCUT2D eigenvalue weighted by atomic mass is 79.9. The third-order valence-electron chi connectivity index (χ3n) is 3.33. The molecule has 0 amide bonds. The van der Waals surface area contributed by atoms with Gasteiger partial charge in [0.1, 0.15) is 0 Å². The Morgan fingerprint density at radius 3 is 2.79 bits per heavy atom. The maximum atomic E-state index is 10.4. The number of pyridine rings is 1. The summed E-state index contributed by atoms with van der Waals surface area (Å²) in [5.41, 5.74) is 3.09. The zero-order valence-corrected chi connectivity index (χ0v) is 12.3. The molecule has 0 unspecified atom stereocenters. The van der Waals surface area contributed by atoms with E-state index in [1.807, 2.05) is 32.2 Å². The van der Waals surface area contributed by atoms with Crippen LogP contribution in [0.5, 0.6) is 5.88 Å². The summed E-state index contributed by atoms with van der Waals surface area (Å²) in [4.78, 5) is 4.17. The summed E-state index contributed by atoms with van der Waals surface area (Å²) in [5, 5.41) is 12.2. The van der Waals surface area contributed by atoms with Gasteiger partial charge in [-0.3, -0.25) is 9.55 Å². The molecule has 0 fully saturated rings. The van der Waals surface area contributed by atoms with Crippen molar-refractivity contribution in [2.75, 3.05) is 0 Å². The van der Waals surface area contributed by atoms with Gasteiger partial charge in [-0.1, -0.05) is 11.6 Å². The van der Waals surface area contributed by atoms with Crippen LogP contribution in [0.1, 0.15) is 11.1 Å². The second kappa shape index (κ2) is 4.38. The molecular formula is C15H13BrN2O. The fourth-order valence-corrected chi connectivity index (χ4v) is 2.56. The minimum absolute atomic E-state index is 0.248. The summed E-state index contributed by atoms with van der Waals surface area (Å²) in [5.74, 6) is 0.248. The molecule has 0 aliphatic carbocycles. The number of aromatic nitrogens is 2. The van der Waals surface area contributed by atoms with E-state index in [4.69, 9.17) is 0 Å². The Morgan fingerprint density at radius 2 is 2.00 bits per heavy atom. The van der Waals surface area contributed by atoms with Crippen molar-refractivity contribution < 1.29 is 5.11 Å². The van der Waals surface area contributed by atoms with Crippen molar-refractivity contribution in [3.8, 4) is 11.6 Å². The van der Waals surface area contributed by atoms with E-state index < -0.39 is 0 Å². The molecule has 0 bridgehead atoms. The Morgan fingerprint density at radius 1 is 1.21 bits per heavy atom. The fraction of sp³-hybridized carbons (Fsp3) is 0.133. The van der Waals surface area contributed by atoms with Crippen molar-refractivity contribution >= 4 is 26.7 Å². The average Bonchev–Trinajstić information content (AvgIpc) is 2.69. The van der Waals surface area contributed by atoms with Crippen molar-refractivity contribution in [1.82, 2.24) is 9.55 Å². The van der Waals surface area contributed by atoms with E-state index >= 15 is 0 Å². The number of aromatic hydroxyl groups is 1. The summed E-state index contributed by atoms with van der Waals surface area (Å²) in [6.07, 6.45) is 5.45. The molecule has 96 valence electrons. The molecule has 3 aromatic rings. The van der Waals surface area contributed by atoms with Crippen LogP contribution in [0.25, 0.3) is 16.5 Å². The third kappa shape index (κ3) is 1.92. The number of benzene rings is 1. The lowest BCUT2D eigenvalue weighted by atomic mass is 10.1. The first-order valence-corrected chi connectivity index (χ1v) is 6.78. The predicted molar refractivity (Wildman–Crippen MR) is 79.9 cm³/mol. The van der Waals surface area contributed by atoms with E-state index in [0.29, 0.717) is 0 Å². The van der Waals surface area contributed by atoms with Crippen LogP contribution in [0, 0.1) is 13.8 Å². The SMILES string of the molecule is Cc1ccc2c(O)n(-c3cncc(Br)c3C)cc2c1. The topological polar surface area (TPSA) is 38.0 Å². The van der Waals surface area contributed by atoms with E-state index in [0.717, 1.165) is 26.5 Å². The average molecular weight is 317 g/mol. The van der Waals surface area contributed by atoms with Gasteiger partial charge in [0.2, 0.25) is 5.88 Å². The van der Waals surface area contributed by atoms with Crippen LogP contribution in [0.3, 0.4) is 0 Å². The third-order valence-corrected chi connectivity index (χ3v) is 4.13. The van der Waals surface area contributed by atoms with Crippen molar-refractivity contribution in [3.05, 3.63) is 52.4 Å². The Kier molecular flexibility index (Phi) is 2.82. The number of hydrogen-bond acceptors (Lipinski definition) is 2. The molecule has 19 heavy (non-hydrogen) atoms. The van der Waals surface area contributed by atoms with Gasteiger partial charge in [0.25, 0.3) is 0 Å². The molecule has 1 N–H and O–H groups in total. The van der Waals surface area contributed by atoms with Crippen LogP contribution < -0.4 is 0 Å². The monoisotopic (exact) mass is 316 g/mol. The maximum absolute atomic E-state index is 10.4. The Balaban J connectivity index is 2.31. The normalized spacial score (nSPS) is 11.1. The molecule has 0 radical (unpaired) electrons. The molecule has 3 nitrogen and oxygen atoms in total. The molecule has 0 spiro atoms. The molecule has 2 aromatic heterocycles. The fourth-order valence-electron chi connectivity index (χ4n) is 2.24. The molecule has 0 aliphatic heterocycles. The summed E-state index contributed by atoms with van der Waals surface area (Å²) >= 11 is 3.47. The number of hydrogen-bond donors (Lipinski definition) is 1.